The Morgan fingerprint density at radius 2 is 1.86 bits per heavy atom. The molecule has 1 N–H and O–H groups in total. The predicted molar refractivity (Wildman–Crippen MR) is 75.4 cm³/mol. The number of aromatic nitrogens is 2. The fraction of sp³-hybridized carbons (Fsp3) is 0.200. The summed E-state index contributed by atoms with van der Waals surface area (Å²) in [4.78, 5) is 0. The summed E-state index contributed by atoms with van der Waals surface area (Å²) >= 11 is 0. The zero-order valence-electron chi connectivity index (χ0n) is 11.4. The Balaban J connectivity index is 1.72. The van der Waals surface area contributed by atoms with E-state index >= 15 is 0 Å². The number of hydrogen-bond donors (Lipinski definition) is 1. The second-order valence-electron chi connectivity index (χ2n) is 4.77. The molecule has 0 bridgehead atoms. The maximum Gasteiger partial charge on any atom is 0.416 e. The van der Waals surface area contributed by atoms with Crippen LogP contribution in [0, 0.1) is 0 Å². The van der Waals surface area contributed by atoms with E-state index in [1.165, 1.54) is 12.1 Å². The lowest BCUT2D eigenvalue weighted by atomic mass is 10.1. The highest BCUT2D eigenvalue weighted by atomic mass is 19.4. The number of allylic oxidation sites excluding steroid dienone is 4. The summed E-state index contributed by atoms with van der Waals surface area (Å²) in [6.45, 7) is 0. The molecule has 0 saturated heterocycles. The van der Waals surface area contributed by atoms with E-state index in [1.807, 2.05) is 18.2 Å². The van der Waals surface area contributed by atoms with Crippen molar-refractivity contribution in [2.75, 3.05) is 5.32 Å². The fourth-order valence-corrected chi connectivity index (χ4v) is 2.05. The summed E-state index contributed by atoms with van der Waals surface area (Å²) in [5.41, 5.74) is 0.680. The summed E-state index contributed by atoms with van der Waals surface area (Å²) in [6, 6.07) is 4.76. The van der Waals surface area contributed by atoms with Gasteiger partial charge in [-0.15, -0.1) is 5.10 Å². The van der Waals surface area contributed by atoms with Crippen molar-refractivity contribution in [2.45, 2.75) is 19.0 Å². The lowest BCUT2D eigenvalue weighted by Crippen LogP contribution is -2.04. The molecule has 0 amide bonds. The Morgan fingerprint density at radius 3 is 2.50 bits per heavy atom. The topological polar surface area (TPSA) is 51.0 Å². The number of benzene rings is 1. The van der Waals surface area contributed by atoms with E-state index in [2.05, 4.69) is 15.5 Å². The third kappa shape index (κ3) is 3.19. The van der Waals surface area contributed by atoms with E-state index in [9.17, 15) is 13.2 Å². The molecule has 114 valence electrons. The van der Waals surface area contributed by atoms with Gasteiger partial charge in [-0.05, 0) is 37.1 Å². The van der Waals surface area contributed by atoms with Gasteiger partial charge in [0.15, 0.2) is 0 Å². The first-order valence-electron chi connectivity index (χ1n) is 6.66. The van der Waals surface area contributed by atoms with Crippen molar-refractivity contribution in [1.29, 1.82) is 0 Å². The zero-order chi connectivity index (χ0) is 15.6. The minimum atomic E-state index is -4.35. The number of anilines is 2. The summed E-state index contributed by atoms with van der Waals surface area (Å²) in [5, 5.41) is 10.6. The van der Waals surface area contributed by atoms with Gasteiger partial charge in [0, 0.05) is 11.3 Å². The summed E-state index contributed by atoms with van der Waals surface area (Å²) in [7, 11) is 0. The molecule has 0 unspecified atom stereocenters. The van der Waals surface area contributed by atoms with Gasteiger partial charge in [0.25, 0.3) is 0 Å². The Bertz CT molecular complexity index is 714. The van der Waals surface area contributed by atoms with E-state index in [-0.39, 0.29) is 6.01 Å². The van der Waals surface area contributed by atoms with Crippen LogP contribution in [0.5, 0.6) is 0 Å². The van der Waals surface area contributed by atoms with Crippen molar-refractivity contribution in [1.82, 2.24) is 10.2 Å². The minimum absolute atomic E-state index is 0.144. The Morgan fingerprint density at radius 1 is 1.09 bits per heavy atom. The molecule has 1 heterocycles. The quantitative estimate of drug-likeness (QED) is 0.902. The van der Waals surface area contributed by atoms with Gasteiger partial charge in [0.1, 0.15) is 0 Å². The van der Waals surface area contributed by atoms with E-state index in [0.717, 1.165) is 30.5 Å². The van der Waals surface area contributed by atoms with Crippen LogP contribution >= 0.6 is 0 Å². The van der Waals surface area contributed by atoms with Gasteiger partial charge in [0.2, 0.25) is 5.89 Å². The lowest BCUT2D eigenvalue weighted by Gasteiger charge is -2.07. The molecule has 1 aromatic carbocycles. The maximum absolute atomic E-state index is 12.5. The average molecular weight is 307 g/mol. The first kappa shape index (κ1) is 14.4. The molecule has 0 saturated carbocycles. The molecule has 1 aliphatic carbocycles. The van der Waals surface area contributed by atoms with Crippen LogP contribution in [-0.2, 0) is 6.18 Å². The molecule has 4 nitrogen and oxygen atoms in total. The normalized spacial score (nSPS) is 14.8. The number of halogens is 3. The lowest BCUT2D eigenvalue weighted by molar-refractivity contribution is -0.137. The van der Waals surface area contributed by atoms with Crippen LogP contribution in [0.3, 0.4) is 0 Å². The highest BCUT2D eigenvalue weighted by Gasteiger charge is 2.29. The molecule has 0 fully saturated rings. The Labute approximate surface area is 124 Å². The number of nitrogens with one attached hydrogen (secondary N) is 1. The molecule has 22 heavy (non-hydrogen) atoms. The van der Waals surface area contributed by atoms with Crippen molar-refractivity contribution in [3.63, 3.8) is 0 Å². The monoisotopic (exact) mass is 307 g/mol. The first-order chi connectivity index (χ1) is 10.5. The molecule has 0 aliphatic heterocycles. The number of rotatable bonds is 3. The van der Waals surface area contributed by atoms with Crippen molar-refractivity contribution in [3.05, 3.63) is 53.9 Å². The molecule has 0 atom stereocenters. The second-order valence-corrected chi connectivity index (χ2v) is 4.77. The molecule has 1 aromatic heterocycles. The van der Waals surface area contributed by atoms with Gasteiger partial charge in [-0.25, -0.2) is 0 Å². The van der Waals surface area contributed by atoms with Gasteiger partial charge in [0.05, 0.1) is 5.56 Å². The fourth-order valence-electron chi connectivity index (χ4n) is 2.05. The Hall–Kier alpha value is -2.57. The minimum Gasteiger partial charge on any atom is -0.404 e. The van der Waals surface area contributed by atoms with Gasteiger partial charge in [-0.2, -0.15) is 13.2 Å². The smallest absolute Gasteiger partial charge is 0.404 e. The van der Waals surface area contributed by atoms with E-state index in [4.69, 9.17) is 4.42 Å². The highest BCUT2D eigenvalue weighted by molar-refractivity contribution is 5.62. The Kier molecular flexibility index (Phi) is 3.70. The first-order valence-corrected chi connectivity index (χ1v) is 6.66. The number of alkyl halides is 3. The molecule has 1 aliphatic rings. The van der Waals surface area contributed by atoms with Gasteiger partial charge in [-0.1, -0.05) is 23.3 Å². The molecular formula is C15H12F3N3O. The largest absolute Gasteiger partial charge is 0.416 e. The van der Waals surface area contributed by atoms with Gasteiger partial charge >= 0.3 is 12.2 Å². The third-order valence-corrected chi connectivity index (χ3v) is 3.18. The van der Waals surface area contributed by atoms with Crippen molar-refractivity contribution in [2.24, 2.45) is 0 Å². The van der Waals surface area contributed by atoms with Crippen LogP contribution in [0.1, 0.15) is 24.3 Å². The molecule has 0 radical (unpaired) electrons. The third-order valence-electron chi connectivity index (χ3n) is 3.18. The standard InChI is InChI=1S/C15H12F3N3O/c16-15(17,18)11-6-8-12(9-7-11)19-14-21-20-13(22-14)10-4-2-1-3-5-10/h1-2,4,6-9H,3,5H2,(H,19,21). The maximum atomic E-state index is 12.5. The molecule has 0 spiro atoms. The average Bonchev–Trinajstić information content (AvgIpc) is 2.96. The van der Waals surface area contributed by atoms with E-state index in [0.29, 0.717) is 11.6 Å². The van der Waals surface area contributed by atoms with Crippen molar-refractivity contribution < 1.29 is 17.6 Å². The van der Waals surface area contributed by atoms with Crippen LogP contribution < -0.4 is 5.32 Å². The van der Waals surface area contributed by atoms with Crippen LogP contribution in [-0.4, -0.2) is 10.2 Å². The van der Waals surface area contributed by atoms with Crippen molar-refractivity contribution in [3.8, 4) is 0 Å². The molecular weight excluding hydrogens is 295 g/mol. The molecule has 7 heteroatoms. The van der Waals surface area contributed by atoms with Crippen LogP contribution in [0.4, 0.5) is 24.9 Å². The summed E-state index contributed by atoms with van der Waals surface area (Å²) in [5.74, 6) is 0.416. The van der Waals surface area contributed by atoms with Gasteiger partial charge in [-0.3, -0.25) is 0 Å². The van der Waals surface area contributed by atoms with Crippen LogP contribution in [0.25, 0.3) is 5.57 Å². The predicted octanol–water partition coefficient (Wildman–Crippen LogP) is 4.57. The SMILES string of the molecule is FC(F)(F)c1ccc(Nc2nnc(C3=CC=CCC3)o2)cc1. The molecule has 2 aromatic rings. The van der Waals surface area contributed by atoms with E-state index < -0.39 is 11.7 Å². The number of hydrogen-bond acceptors (Lipinski definition) is 4. The van der Waals surface area contributed by atoms with Gasteiger partial charge < -0.3 is 9.73 Å². The van der Waals surface area contributed by atoms with E-state index in [1.54, 1.807) is 0 Å². The number of nitrogens with zero attached hydrogens (tertiary/aromatic N) is 2. The summed E-state index contributed by atoms with van der Waals surface area (Å²) in [6.07, 6.45) is 3.25. The highest BCUT2D eigenvalue weighted by Crippen LogP contribution is 2.30. The second kappa shape index (κ2) is 5.67. The van der Waals surface area contributed by atoms with Crippen molar-refractivity contribution >= 4 is 17.3 Å². The van der Waals surface area contributed by atoms with Crippen LogP contribution in [0.15, 0.2) is 46.9 Å². The summed E-state index contributed by atoms with van der Waals surface area (Å²) < 4.78 is 42.9. The molecule has 3 rings (SSSR count). The van der Waals surface area contributed by atoms with Crippen LogP contribution in [0.2, 0.25) is 0 Å². The zero-order valence-corrected chi connectivity index (χ0v) is 11.4.